The molecule has 0 atom stereocenters. The number of hydrogen-bond donors (Lipinski definition) is 2. The molecule has 2 aromatic rings. The van der Waals surface area contributed by atoms with E-state index in [1.807, 2.05) is 6.92 Å². The highest BCUT2D eigenvalue weighted by molar-refractivity contribution is 6.05. The summed E-state index contributed by atoms with van der Waals surface area (Å²) in [6.45, 7) is 2.34. The number of fused-ring (bicyclic) bond motifs is 1. The fraction of sp³-hybridized carbons (Fsp3) is 0.357. The number of ether oxygens (including phenoxy) is 1. The summed E-state index contributed by atoms with van der Waals surface area (Å²) in [7, 11) is 0. The average Bonchev–Trinajstić information content (AvgIpc) is 3.09. The molecule has 1 aromatic heterocycles. The number of hydrogen-bond acceptors (Lipinski definition) is 3. The van der Waals surface area contributed by atoms with Gasteiger partial charge >= 0.3 is 5.97 Å². The number of phenols is 1. The summed E-state index contributed by atoms with van der Waals surface area (Å²) in [5.41, 5.74) is 2.14. The lowest BCUT2D eigenvalue weighted by atomic mass is 10.1. The maximum absolute atomic E-state index is 12.1. The van der Waals surface area contributed by atoms with Crippen LogP contribution in [0.2, 0.25) is 0 Å². The van der Waals surface area contributed by atoms with Gasteiger partial charge in [-0.05, 0) is 43.9 Å². The summed E-state index contributed by atoms with van der Waals surface area (Å²) in [5.74, 6) is 0.391. The minimum Gasteiger partial charge on any atom is -0.508 e. The fourth-order valence-electron chi connectivity index (χ4n) is 2.13. The van der Waals surface area contributed by atoms with Crippen molar-refractivity contribution in [3.8, 4) is 5.75 Å². The molecule has 0 aliphatic heterocycles. The van der Waals surface area contributed by atoms with Crippen LogP contribution in [0, 0.1) is 12.8 Å². The Kier molecular flexibility index (Phi) is 2.51. The Balaban J connectivity index is 1.95. The molecule has 1 aliphatic carbocycles. The van der Waals surface area contributed by atoms with Crippen LogP contribution >= 0.6 is 0 Å². The molecule has 4 nitrogen and oxygen atoms in total. The molecule has 3 rings (SSSR count). The largest absolute Gasteiger partial charge is 0.508 e. The molecule has 94 valence electrons. The number of esters is 1. The number of H-pyrrole nitrogens is 1. The van der Waals surface area contributed by atoms with Gasteiger partial charge in [0, 0.05) is 16.6 Å². The predicted octanol–water partition coefficient (Wildman–Crippen LogP) is 2.75. The molecule has 0 unspecified atom stereocenters. The molecule has 1 heterocycles. The highest BCUT2D eigenvalue weighted by Gasteiger charge is 2.25. The Labute approximate surface area is 105 Å². The molecule has 1 fully saturated rings. The first-order valence-electron chi connectivity index (χ1n) is 6.13. The number of benzene rings is 1. The molecule has 0 radical (unpaired) electrons. The van der Waals surface area contributed by atoms with E-state index in [-0.39, 0.29) is 11.7 Å². The number of carbonyl (C=O) groups is 1. The van der Waals surface area contributed by atoms with Crippen LogP contribution < -0.4 is 0 Å². The molecule has 0 amide bonds. The lowest BCUT2D eigenvalue weighted by molar-refractivity contribution is 0.0487. The van der Waals surface area contributed by atoms with Gasteiger partial charge in [-0.2, -0.15) is 0 Å². The average molecular weight is 245 g/mol. The molecule has 2 N–H and O–H groups in total. The first kappa shape index (κ1) is 11.1. The van der Waals surface area contributed by atoms with Gasteiger partial charge < -0.3 is 14.8 Å². The van der Waals surface area contributed by atoms with E-state index in [0.29, 0.717) is 23.5 Å². The lowest BCUT2D eigenvalue weighted by Gasteiger charge is -2.03. The molecule has 0 bridgehead atoms. The van der Waals surface area contributed by atoms with Crippen LogP contribution in [0.5, 0.6) is 5.75 Å². The Morgan fingerprint density at radius 3 is 3.00 bits per heavy atom. The summed E-state index contributed by atoms with van der Waals surface area (Å²) < 4.78 is 5.30. The van der Waals surface area contributed by atoms with Gasteiger partial charge in [-0.1, -0.05) is 0 Å². The van der Waals surface area contributed by atoms with E-state index in [4.69, 9.17) is 4.74 Å². The molecule has 1 aliphatic rings. The predicted molar refractivity (Wildman–Crippen MR) is 67.7 cm³/mol. The summed E-state index contributed by atoms with van der Waals surface area (Å²) >= 11 is 0. The van der Waals surface area contributed by atoms with Gasteiger partial charge in [-0.3, -0.25) is 0 Å². The number of rotatable bonds is 3. The van der Waals surface area contributed by atoms with Gasteiger partial charge in [0.05, 0.1) is 12.2 Å². The third-order valence-corrected chi connectivity index (χ3v) is 3.32. The van der Waals surface area contributed by atoms with Crippen molar-refractivity contribution in [1.82, 2.24) is 4.98 Å². The third-order valence-electron chi connectivity index (χ3n) is 3.32. The topological polar surface area (TPSA) is 62.3 Å². The lowest BCUT2D eigenvalue weighted by Crippen LogP contribution is -2.08. The Morgan fingerprint density at radius 1 is 1.50 bits per heavy atom. The normalized spacial score (nSPS) is 14.9. The van der Waals surface area contributed by atoms with Crippen molar-refractivity contribution in [3.05, 3.63) is 29.5 Å². The number of aromatic hydroxyl groups is 1. The number of nitrogens with one attached hydrogen (secondary N) is 1. The maximum Gasteiger partial charge on any atom is 0.340 e. The van der Waals surface area contributed by atoms with Crippen LogP contribution in [0.15, 0.2) is 18.2 Å². The number of aromatic nitrogens is 1. The van der Waals surface area contributed by atoms with Crippen molar-refractivity contribution < 1.29 is 14.6 Å². The molecular formula is C14H15NO3. The van der Waals surface area contributed by atoms with Gasteiger partial charge in [-0.15, -0.1) is 0 Å². The Hall–Kier alpha value is -1.97. The van der Waals surface area contributed by atoms with Crippen molar-refractivity contribution in [3.63, 3.8) is 0 Å². The zero-order valence-electron chi connectivity index (χ0n) is 10.2. The summed E-state index contributed by atoms with van der Waals surface area (Å²) in [4.78, 5) is 15.2. The minimum atomic E-state index is -0.309. The summed E-state index contributed by atoms with van der Waals surface area (Å²) in [6.07, 6.45) is 2.31. The highest BCUT2D eigenvalue weighted by Crippen LogP contribution is 2.30. The van der Waals surface area contributed by atoms with Crippen LogP contribution in [-0.4, -0.2) is 22.7 Å². The standard InChI is InChI=1S/C14H15NO3/c1-8-13(14(17)18-7-9-2-3-9)11-6-10(16)4-5-12(11)15-8/h4-6,9,15-16H,2-3,7H2,1H3. The van der Waals surface area contributed by atoms with Crippen LogP contribution in [0.1, 0.15) is 28.9 Å². The van der Waals surface area contributed by atoms with Crippen molar-refractivity contribution in [1.29, 1.82) is 0 Å². The zero-order chi connectivity index (χ0) is 12.7. The number of carbonyl (C=O) groups excluding carboxylic acids is 1. The van der Waals surface area contributed by atoms with Crippen LogP contribution in [0.25, 0.3) is 10.9 Å². The van der Waals surface area contributed by atoms with Gasteiger partial charge in [-0.25, -0.2) is 4.79 Å². The van der Waals surface area contributed by atoms with Crippen LogP contribution in [0.4, 0.5) is 0 Å². The summed E-state index contributed by atoms with van der Waals surface area (Å²) in [6, 6.07) is 4.94. The van der Waals surface area contributed by atoms with Crippen molar-refractivity contribution in [2.24, 2.45) is 5.92 Å². The number of aromatic amines is 1. The second kappa shape index (κ2) is 4.05. The molecule has 0 spiro atoms. The Morgan fingerprint density at radius 2 is 2.28 bits per heavy atom. The molecule has 0 saturated heterocycles. The first-order valence-corrected chi connectivity index (χ1v) is 6.13. The molecule has 4 heteroatoms. The zero-order valence-corrected chi connectivity index (χ0v) is 10.2. The second-order valence-electron chi connectivity index (χ2n) is 4.90. The minimum absolute atomic E-state index is 0.151. The van der Waals surface area contributed by atoms with Crippen LogP contribution in [0.3, 0.4) is 0 Å². The van der Waals surface area contributed by atoms with Crippen molar-refractivity contribution >= 4 is 16.9 Å². The fourth-order valence-corrected chi connectivity index (χ4v) is 2.13. The van der Waals surface area contributed by atoms with Gasteiger partial charge in [0.15, 0.2) is 0 Å². The van der Waals surface area contributed by atoms with E-state index in [1.54, 1.807) is 18.2 Å². The molecular weight excluding hydrogens is 230 g/mol. The Bertz CT molecular complexity index is 611. The SMILES string of the molecule is Cc1[nH]c2ccc(O)cc2c1C(=O)OCC1CC1. The van der Waals surface area contributed by atoms with Gasteiger partial charge in [0.25, 0.3) is 0 Å². The monoisotopic (exact) mass is 245 g/mol. The maximum atomic E-state index is 12.1. The van der Waals surface area contributed by atoms with Gasteiger partial charge in [0.2, 0.25) is 0 Å². The number of phenolic OH excluding ortho intramolecular Hbond substituents is 1. The van der Waals surface area contributed by atoms with E-state index >= 15 is 0 Å². The molecule has 18 heavy (non-hydrogen) atoms. The first-order chi connectivity index (χ1) is 8.65. The van der Waals surface area contributed by atoms with E-state index < -0.39 is 0 Å². The van der Waals surface area contributed by atoms with Crippen LogP contribution in [-0.2, 0) is 4.74 Å². The highest BCUT2D eigenvalue weighted by atomic mass is 16.5. The number of aryl methyl sites for hydroxylation is 1. The van der Waals surface area contributed by atoms with E-state index in [1.165, 1.54) is 0 Å². The van der Waals surface area contributed by atoms with Crippen molar-refractivity contribution in [2.45, 2.75) is 19.8 Å². The van der Waals surface area contributed by atoms with E-state index in [2.05, 4.69) is 4.98 Å². The van der Waals surface area contributed by atoms with Crippen molar-refractivity contribution in [2.75, 3.05) is 6.61 Å². The molecule has 1 aromatic carbocycles. The van der Waals surface area contributed by atoms with E-state index in [0.717, 1.165) is 24.1 Å². The second-order valence-corrected chi connectivity index (χ2v) is 4.90. The smallest absolute Gasteiger partial charge is 0.340 e. The summed E-state index contributed by atoms with van der Waals surface area (Å²) in [5, 5.41) is 10.2. The third kappa shape index (κ3) is 1.94. The van der Waals surface area contributed by atoms with E-state index in [9.17, 15) is 9.90 Å². The molecule has 1 saturated carbocycles. The quantitative estimate of drug-likeness (QED) is 0.817. The van der Waals surface area contributed by atoms with Gasteiger partial charge in [0.1, 0.15) is 5.75 Å².